The topological polar surface area (TPSA) is 37.3 Å². The highest BCUT2D eigenvalue weighted by molar-refractivity contribution is 9.10. The number of nitrogens with one attached hydrogen (secondary N) is 1. The van der Waals surface area contributed by atoms with Crippen LogP contribution in [0.1, 0.15) is 25.1 Å². The molecule has 116 valence electrons. The summed E-state index contributed by atoms with van der Waals surface area (Å²) < 4.78 is 1.55. The van der Waals surface area contributed by atoms with Crippen LogP contribution in [0.25, 0.3) is 30.0 Å². The second-order valence-electron chi connectivity index (χ2n) is 6.36. The molecule has 4 heteroatoms. The van der Waals surface area contributed by atoms with Crippen molar-refractivity contribution in [2.75, 3.05) is 0 Å². The van der Waals surface area contributed by atoms with Crippen molar-refractivity contribution in [3.63, 3.8) is 0 Å². The summed E-state index contributed by atoms with van der Waals surface area (Å²) in [5, 5.41) is 1.96. The summed E-state index contributed by atoms with van der Waals surface area (Å²) in [6.45, 7) is 4.19. The lowest BCUT2D eigenvalue weighted by Crippen LogP contribution is -2.34. The maximum atomic E-state index is 13.0. The van der Waals surface area contributed by atoms with Crippen molar-refractivity contribution in [1.82, 2.24) is 9.38 Å². The Labute approximate surface area is 142 Å². The van der Waals surface area contributed by atoms with Crippen LogP contribution >= 0.6 is 15.9 Å². The summed E-state index contributed by atoms with van der Waals surface area (Å²) >= 11 is 3.69. The molecule has 0 aliphatic heterocycles. The number of nitrogens with zero attached hydrogens (tertiary/aromatic N) is 1. The van der Waals surface area contributed by atoms with Gasteiger partial charge in [-0.3, -0.25) is 9.20 Å². The maximum Gasteiger partial charge on any atom is 0.266 e. The molecule has 2 aromatic heterocycles. The van der Waals surface area contributed by atoms with Crippen molar-refractivity contribution in [3.05, 3.63) is 62.5 Å². The Kier molecular flexibility index (Phi) is 3.13. The van der Waals surface area contributed by atoms with Crippen molar-refractivity contribution < 1.29 is 0 Å². The molecule has 2 aromatic rings. The lowest BCUT2D eigenvalue weighted by Gasteiger charge is -2.09. The fourth-order valence-electron chi connectivity index (χ4n) is 3.12. The van der Waals surface area contributed by atoms with Gasteiger partial charge in [-0.25, -0.2) is 0 Å². The highest BCUT2D eigenvalue weighted by Gasteiger charge is 2.16. The molecule has 23 heavy (non-hydrogen) atoms. The molecule has 2 aliphatic rings. The predicted molar refractivity (Wildman–Crippen MR) is 99.9 cm³/mol. The van der Waals surface area contributed by atoms with Crippen molar-refractivity contribution in [2.45, 2.75) is 18.2 Å². The van der Waals surface area contributed by atoms with Crippen molar-refractivity contribution >= 4 is 45.9 Å². The van der Waals surface area contributed by atoms with Gasteiger partial charge in [-0.2, -0.15) is 0 Å². The Morgan fingerprint density at radius 3 is 2.91 bits per heavy atom. The van der Waals surface area contributed by atoms with Crippen molar-refractivity contribution in [1.29, 1.82) is 0 Å². The Hall–Kier alpha value is -2.07. The minimum Gasteiger partial charge on any atom is -0.341 e. The molecular formula is C19H17BrN2O. The van der Waals surface area contributed by atoms with Gasteiger partial charge in [0, 0.05) is 0 Å². The van der Waals surface area contributed by atoms with Gasteiger partial charge in [-0.15, -0.1) is 0 Å². The standard InChI is InChI=1S/C19H17BrN2O/c1-12-5-7-14-15(8-6-12)21-17-10-13-11-19(2,20)9-3-4-16(13)22(17)18(14)23/h3-12,21H,1-2H3. The monoisotopic (exact) mass is 368 g/mol. The molecule has 0 radical (unpaired) electrons. The van der Waals surface area contributed by atoms with Gasteiger partial charge >= 0.3 is 0 Å². The second kappa shape index (κ2) is 4.96. The third-order valence-electron chi connectivity index (χ3n) is 4.30. The first-order chi connectivity index (χ1) is 10.9. The van der Waals surface area contributed by atoms with Crippen LogP contribution in [0.2, 0.25) is 0 Å². The maximum absolute atomic E-state index is 13.0. The van der Waals surface area contributed by atoms with Crippen molar-refractivity contribution in [3.8, 4) is 0 Å². The zero-order valence-corrected chi connectivity index (χ0v) is 14.6. The largest absolute Gasteiger partial charge is 0.341 e. The number of hydrogen-bond acceptors (Lipinski definition) is 1. The van der Waals surface area contributed by atoms with E-state index in [2.05, 4.69) is 59.1 Å². The quantitative estimate of drug-likeness (QED) is 0.713. The molecule has 2 atom stereocenters. The summed E-state index contributed by atoms with van der Waals surface area (Å²) in [5.41, 5.74) is 2.41. The van der Waals surface area contributed by atoms with Gasteiger partial charge in [-0.05, 0) is 36.3 Å². The molecule has 2 aliphatic carbocycles. The van der Waals surface area contributed by atoms with E-state index in [9.17, 15) is 4.79 Å². The zero-order chi connectivity index (χ0) is 16.2. The number of halogens is 1. The SMILES string of the molecule is CC1C=Cc2[nH]c3cc4c(n3c(=O)c2C=C1)=CC=CC(C)(Br)C=4. The summed E-state index contributed by atoms with van der Waals surface area (Å²) in [6.07, 6.45) is 16.3. The van der Waals surface area contributed by atoms with Crippen LogP contribution in [0.15, 0.2) is 35.2 Å². The van der Waals surface area contributed by atoms with Gasteiger partial charge in [0.15, 0.2) is 0 Å². The zero-order valence-electron chi connectivity index (χ0n) is 13.0. The van der Waals surface area contributed by atoms with Gasteiger partial charge in [0.1, 0.15) is 5.65 Å². The van der Waals surface area contributed by atoms with Gasteiger partial charge in [-0.1, -0.05) is 59.3 Å². The van der Waals surface area contributed by atoms with E-state index in [-0.39, 0.29) is 9.88 Å². The Bertz CT molecular complexity index is 1080. The Balaban J connectivity index is 2.15. The highest BCUT2D eigenvalue weighted by Crippen LogP contribution is 2.21. The molecule has 3 nitrogen and oxygen atoms in total. The van der Waals surface area contributed by atoms with E-state index in [0.717, 1.165) is 21.9 Å². The molecule has 0 saturated carbocycles. The van der Waals surface area contributed by atoms with Gasteiger partial charge in [0.2, 0.25) is 0 Å². The van der Waals surface area contributed by atoms with Crippen LogP contribution in [0.3, 0.4) is 0 Å². The fraction of sp³-hybridized carbons (Fsp3) is 0.211. The fourth-order valence-corrected chi connectivity index (χ4v) is 3.51. The predicted octanol–water partition coefficient (Wildman–Crippen LogP) is 2.59. The van der Waals surface area contributed by atoms with E-state index in [1.54, 1.807) is 4.40 Å². The number of hydrogen-bond donors (Lipinski definition) is 1. The Morgan fingerprint density at radius 2 is 2.09 bits per heavy atom. The minimum absolute atomic E-state index is 0.0150. The van der Waals surface area contributed by atoms with Gasteiger partial charge in [0.05, 0.1) is 20.9 Å². The summed E-state index contributed by atoms with van der Waals surface area (Å²) in [5.74, 6) is 0.323. The van der Waals surface area contributed by atoms with Crippen LogP contribution in [0.4, 0.5) is 0 Å². The molecule has 0 amide bonds. The molecule has 0 spiro atoms. The number of rotatable bonds is 0. The number of aromatic nitrogens is 2. The normalized spacial score (nSPS) is 25.3. The smallest absolute Gasteiger partial charge is 0.266 e. The van der Waals surface area contributed by atoms with E-state index >= 15 is 0 Å². The van der Waals surface area contributed by atoms with Crippen LogP contribution in [-0.2, 0) is 0 Å². The van der Waals surface area contributed by atoms with E-state index in [0.29, 0.717) is 11.5 Å². The summed E-state index contributed by atoms with van der Waals surface area (Å²) in [4.78, 5) is 16.4. The molecule has 1 N–H and O–H groups in total. The average Bonchev–Trinajstić information content (AvgIpc) is 2.60. The van der Waals surface area contributed by atoms with Crippen LogP contribution in [-0.4, -0.2) is 13.7 Å². The number of aromatic amines is 1. The molecule has 4 rings (SSSR count). The minimum atomic E-state index is -0.213. The lowest BCUT2D eigenvalue weighted by molar-refractivity contribution is 0.953. The van der Waals surface area contributed by atoms with E-state index in [1.807, 2.05) is 30.4 Å². The summed E-state index contributed by atoms with van der Waals surface area (Å²) in [7, 11) is 0. The number of fused-ring (bicyclic) bond motifs is 4. The number of allylic oxidation sites excluding steroid dienone is 4. The lowest BCUT2D eigenvalue weighted by atomic mass is 10.1. The molecule has 0 aromatic carbocycles. The van der Waals surface area contributed by atoms with Crippen LogP contribution < -0.4 is 16.1 Å². The summed E-state index contributed by atoms with van der Waals surface area (Å²) in [6, 6.07) is 2.03. The molecule has 0 fully saturated rings. The first-order valence-electron chi connectivity index (χ1n) is 7.70. The molecule has 0 bridgehead atoms. The Morgan fingerprint density at radius 1 is 1.30 bits per heavy atom. The third kappa shape index (κ3) is 2.38. The van der Waals surface area contributed by atoms with E-state index < -0.39 is 0 Å². The van der Waals surface area contributed by atoms with Gasteiger partial charge in [0.25, 0.3) is 5.56 Å². The number of alkyl halides is 1. The first kappa shape index (κ1) is 14.5. The van der Waals surface area contributed by atoms with Crippen LogP contribution in [0.5, 0.6) is 0 Å². The molecule has 2 unspecified atom stereocenters. The highest BCUT2D eigenvalue weighted by atomic mass is 79.9. The first-order valence-corrected chi connectivity index (χ1v) is 8.49. The van der Waals surface area contributed by atoms with Crippen molar-refractivity contribution in [2.24, 2.45) is 5.92 Å². The second-order valence-corrected chi connectivity index (χ2v) is 8.07. The number of H-pyrrole nitrogens is 1. The van der Waals surface area contributed by atoms with Gasteiger partial charge < -0.3 is 4.98 Å². The van der Waals surface area contributed by atoms with Crippen LogP contribution in [0, 0.1) is 5.92 Å². The van der Waals surface area contributed by atoms with E-state index in [4.69, 9.17) is 0 Å². The average molecular weight is 369 g/mol. The molecule has 2 heterocycles. The molecular weight excluding hydrogens is 352 g/mol. The van der Waals surface area contributed by atoms with E-state index in [1.165, 1.54) is 0 Å². The third-order valence-corrected chi connectivity index (χ3v) is 4.80. The molecule has 0 saturated heterocycles.